The van der Waals surface area contributed by atoms with E-state index in [4.69, 9.17) is 39.4 Å². The number of esters is 5. The van der Waals surface area contributed by atoms with Crippen LogP contribution in [0.25, 0.3) is 33.3 Å². The summed E-state index contributed by atoms with van der Waals surface area (Å²) in [7, 11) is 6.66. The summed E-state index contributed by atoms with van der Waals surface area (Å²) in [4.78, 5) is 87.3. The van der Waals surface area contributed by atoms with E-state index in [2.05, 4.69) is 38.6 Å². The molecule has 0 saturated carbocycles. The first-order chi connectivity index (χ1) is 39.6. The number of carboxylic acids is 1. The van der Waals surface area contributed by atoms with E-state index in [0.717, 1.165) is 56.1 Å². The highest BCUT2D eigenvalue weighted by atomic mass is 16.6. The number of aliphatic carboxylic acids is 1. The van der Waals surface area contributed by atoms with Crippen LogP contribution in [0.5, 0.6) is 17.2 Å². The number of benzene rings is 6. The van der Waals surface area contributed by atoms with Gasteiger partial charge in [-0.1, -0.05) is 42.5 Å². The maximum absolute atomic E-state index is 11.3. The first-order valence-electron chi connectivity index (χ1n) is 24.5. The molecule has 0 aliphatic rings. The van der Waals surface area contributed by atoms with Gasteiger partial charge in [0.25, 0.3) is 0 Å². The second-order valence-corrected chi connectivity index (χ2v) is 17.3. The molecule has 436 valence electrons. The molecule has 3 aromatic heterocycles. The molecule has 0 radical (unpaired) electrons. The Kier molecular flexibility index (Phi) is 25.2. The van der Waals surface area contributed by atoms with Crippen LogP contribution in [-0.2, 0) is 78.1 Å². The number of anilines is 1. The molecule has 0 bridgehead atoms. The van der Waals surface area contributed by atoms with Crippen LogP contribution in [0.15, 0.2) is 148 Å². The highest BCUT2D eigenvalue weighted by Gasteiger charge is 2.18. The predicted octanol–water partition coefficient (Wildman–Crippen LogP) is 8.48. The van der Waals surface area contributed by atoms with Crippen molar-refractivity contribution in [2.75, 3.05) is 41.3 Å². The first-order valence-corrected chi connectivity index (χ1v) is 24.5. The lowest BCUT2D eigenvalue weighted by Crippen LogP contribution is -2.10. The summed E-state index contributed by atoms with van der Waals surface area (Å²) in [6.07, 6.45) is 4.73. The van der Waals surface area contributed by atoms with Crippen molar-refractivity contribution in [3.63, 3.8) is 0 Å². The number of nitro benzene ring substituents is 1. The van der Waals surface area contributed by atoms with E-state index >= 15 is 0 Å². The fourth-order valence-corrected chi connectivity index (χ4v) is 6.87. The van der Waals surface area contributed by atoms with E-state index in [1.165, 1.54) is 85.1 Å². The summed E-state index contributed by atoms with van der Waals surface area (Å²) < 4.78 is 37.9. The van der Waals surface area contributed by atoms with Crippen molar-refractivity contribution < 1.29 is 91.1 Å². The Bertz CT molecular complexity index is 3630. The quantitative estimate of drug-likeness (QED) is 0.0180. The summed E-state index contributed by atoms with van der Waals surface area (Å²) >= 11 is 0. The van der Waals surface area contributed by atoms with Crippen LogP contribution in [0.2, 0.25) is 0 Å². The minimum atomic E-state index is -0.840. The average Bonchev–Trinajstić information content (AvgIpc) is 4.53. The van der Waals surface area contributed by atoms with Crippen LogP contribution in [0.4, 0.5) is 11.4 Å². The van der Waals surface area contributed by atoms with Crippen LogP contribution in [0.3, 0.4) is 0 Å². The Labute approximate surface area is 472 Å². The van der Waals surface area contributed by atoms with Gasteiger partial charge >= 0.3 is 41.5 Å². The summed E-state index contributed by atoms with van der Waals surface area (Å²) in [5.74, 6) is -3.45. The van der Waals surface area contributed by atoms with Crippen molar-refractivity contribution in [2.24, 2.45) is 0 Å². The number of oxazole rings is 3. The maximum atomic E-state index is 11.3. The lowest BCUT2D eigenvalue weighted by Gasteiger charge is -2.08. The average molecular weight is 1150 g/mol. The zero-order valence-corrected chi connectivity index (χ0v) is 45.9. The number of nitro groups is 1. The SMILES string of the molecule is CC(C(=O)O)c1ccc2ocnc2c1.COC(=O)C(C)c1ccc2ocnc2c1.COC(=O)Cc1ccc(O)c(N)c1.COC(=O)Cc1ccc(O)c([N+](=O)[O-])c1.COC(=O)Cc1ccc(O)cc1.COC(=O)Cc1ccc2ocnc2c1. The molecule has 25 nitrogen and oxygen atoms in total. The summed E-state index contributed by atoms with van der Waals surface area (Å²) in [6.45, 7) is 3.44. The minimum Gasteiger partial charge on any atom is -0.508 e. The van der Waals surface area contributed by atoms with Crippen molar-refractivity contribution in [1.29, 1.82) is 0 Å². The third kappa shape index (κ3) is 20.7. The molecule has 0 fully saturated rings. The second kappa shape index (κ2) is 32.3. The number of nitrogens with two attached hydrogens (primary N) is 1. The Balaban J connectivity index is 0.000000214. The third-order valence-corrected chi connectivity index (χ3v) is 11.6. The lowest BCUT2D eigenvalue weighted by molar-refractivity contribution is -0.385. The number of carbonyl (C=O) groups excluding carboxylic acids is 5. The Hall–Kier alpha value is -10.9. The van der Waals surface area contributed by atoms with Crippen molar-refractivity contribution >= 4 is 80.5 Å². The number of phenols is 3. The number of methoxy groups -OCH3 is 5. The molecule has 9 aromatic rings. The number of nitrogen functional groups attached to an aromatic ring is 1. The molecule has 25 heteroatoms. The van der Waals surface area contributed by atoms with Gasteiger partial charge in [-0.05, 0) is 114 Å². The molecule has 83 heavy (non-hydrogen) atoms. The molecule has 2 unspecified atom stereocenters. The van der Waals surface area contributed by atoms with Gasteiger partial charge < -0.3 is 63.1 Å². The Morgan fingerprint density at radius 1 is 0.506 bits per heavy atom. The Morgan fingerprint density at radius 3 is 1.30 bits per heavy atom. The number of fused-ring (bicyclic) bond motifs is 3. The minimum absolute atomic E-state index is 0.0219. The molecule has 9 rings (SSSR count). The number of ether oxygens (including phenoxy) is 5. The smallest absolute Gasteiger partial charge is 0.312 e. The standard InChI is InChI=1S/C11H11NO3.2C10H9NO3.C9H9NO5.C9H11NO3.C9H10O3/c1-7(11(13)14-2)8-3-4-10-9(5-8)12-6-15-10;1-13-10(12)5-7-2-3-9-8(4-7)11-6-14-9;1-6(10(12)13)7-2-3-9-8(4-7)11-5-14-9;1-15-9(12)5-6-2-3-8(11)7(4-6)10(13)14;1-13-9(12)5-6-2-3-8(11)7(10)4-6;1-12-9(11)6-7-2-4-8(10)5-3-7/h3-7H,1-2H3;2-4,6H,5H2,1H3;2-6H,1H3,(H,12,13);2-4,11H,5H2,1H3;2-4,11H,5,10H2,1H3;2-5,10H,6H2,1H3. The number of carboxylic acid groups (broad SMARTS) is 1. The summed E-state index contributed by atoms with van der Waals surface area (Å²) in [5.41, 5.74) is 14.1. The van der Waals surface area contributed by atoms with Crippen LogP contribution in [0.1, 0.15) is 59.1 Å². The molecule has 6 N–H and O–H groups in total. The van der Waals surface area contributed by atoms with Crippen LogP contribution < -0.4 is 5.73 Å². The molecule has 0 spiro atoms. The molecule has 0 aliphatic carbocycles. The van der Waals surface area contributed by atoms with Gasteiger partial charge in [-0.3, -0.25) is 38.9 Å². The van der Waals surface area contributed by atoms with Crippen molar-refractivity contribution in [3.8, 4) is 17.2 Å². The molecular formula is C58H59N5O20. The zero-order valence-electron chi connectivity index (χ0n) is 45.9. The third-order valence-electron chi connectivity index (χ3n) is 11.6. The number of aromatic hydroxyl groups is 3. The molecule has 2 atom stereocenters. The van der Waals surface area contributed by atoms with Gasteiger partial charge in [0.15, 0.2) is 41.7 Å². The van der Waals surface area contributed by atoms with E-state index in [-0.39, 0.29) is 72.7 Å². The van der Waals surface area contributed by atoms with E-state index < -0.39 is 34.2 Å². The molecule has 6 aromatic carbocycles. The van der Waals surface area contributed by atoms with Crippen LogP contribution in [0, 0.1) is 10.1 Å². The number of hydrogen-bond acceptors (Lipinski definition) is 23. The van der Waals surface area contributed by atoms with Gasteiger partial charge in [0, 0.05) is 6.07 Å². The molecule has 3 heterocycles. The number of aromatic nitrogens is 3. The van der Waals surface area contributed by atoms with Crippen molar-refractivity contribution in [3.05, 3.63) is 178 Å². The number of nitrogens with zero attached hydrogens (tertiary/aromatic N) is 4. The highest BCUT2D eigenvalue weighted by molar-refractivity contribution is 5.82. The molecule has 0 aliphatic heterocycles. The number of hydrogen-bond donors (Lipinski definition) is 5. The number of carbonyl (C=O) groups is 6. The summed E-state index contributed by atoms with van der Waals surface area (Å²) in [6, 6.07) is 31.0. The van der Waals surface area contributed by atoms with Gasteiger partial charge in [-0.15, -0.1) is 0 Å². The monoisotopic (exact) mass is 1150 g/mol. The fraction of sp³-hybridized carbons (Fsp3) is 0.224. The van der Waals surface area contributed by atoms with Gasteiger partial charge in [-0.2, -0.15) is 0 Å². The van der Waals surface area contributed by atoms with Crippen molar-refractivity contribution in [2.45, 2.75) is 51.4 Å². The molecular weight excluding hydrogens is 1090 g/mol. The predicted molar refractivity (Wildman–Crippen MR) is 297 cm³/mol. The summed E-state index contributed by atoms with van der Waals surface area (Å²) in [5, 5.41) is 46.4. The van der Waals surface area contributed by atoms with E-state index in [9.17, 15) is 38.9 Å². The van der Waals surface area contributed by atoms with Gasteiger partial charge in [0.1, 0.15) is 28.0 Å². The van der Waals surface area contributed by atoms with E-state index in [1.54, 1.807) is 68.4 Å². The normalized spacial score (nSPS) is 10.8. The molecule has 0 saturated heterocycles. The molecule has 0 amide bonds. The number of rotatable bonds is 13. The first kappa shape index (κ1) is 64.7. The van der Waals surface area contributed by atoms with Crippen LogP contribution in [-0.4, -0.2) is 112 Å². The van der Waals surface area contributed by atoms with E-state index in [1.807, 2.05) is 24.3 Å². The van der Waals surface area contributed by atoms with Crippen LogP contribution >= 0.6 is 0 Å². The maximum Gasteiger partial charge on any atom is 0.312 e. The second-order valence-electron chi connectivity index (χ2n) is 17.3. The fourth-order valence-electron chi connectivity index (χ4n) is 6.87. The van der Waals surface area contributed by atoms with Gasteiger partial charge in [0.2, 0.25) is 0 Å². The van der Waals surface area contributed by atoms with Gasteiger partial charge in [0.05, 0.1) is 83.7 Å². The van der Waals surface area contributed by atoms with E-state index in [0.29, 0.717) is 16.7 Å². The topological polar surface area (TPSA) is 377 Å². The van der Waals surface area contributed by atoms with Gasteiger partial charge in [-0.25, -0.2) is 15.0 Å². The largest absolute Gasteiger partial charge is 0.508 e. The lowest BCUT2D eigenvalue weighted by atomic mass is 10.0. The van der Waals surface area contributed by atoms with Crippen molar-refractivity contribution in [1.82, 2.24) is 15.0 Å². The zero-order chi connectivity index (χ0) is 61.2. The highest BCUT2D eigenvalue weighted by Crippen LogP contribution is 2.27. The number of phenolic OH excluding ortho intramolecular Hbond substituents is 3. The Morgan fingerprint density at radius 2 is 0.880 bits per heavy atom.